The van der Waals surface area contributed by atoms with Crippen LogP contribution in [-0.2, 0) is 12.8 Å². The Bertz CT molecular complexity index is 1120. The van der Waals surface area contributed by atoms with Crippen molar-refractivity contribution in [2.24, 2.45) is 0 Å². The summed E-state index contributed by atoms with van der Waals surface area (Å²) in [6, 6.07) is 18.3. The van der Waals surface area contributed by atoms with Crippen LogP contribution in [0, 0.1) is 28.5 Å². The van der Waals surface area contributed by atoms with Gasteiger partial charge in [-0.3, -0.25) is 0 Å². The Morgan fingerprint density at radius 3 is 2.19 bits per heavy atom. The normalized spacial score (nSPS) is 11.8. The molecule has 4 heteroatoms. The van der Waals surface area contributed by atoms with E-state index in [0.717, 1.165) is 34.2 Å². The Hall–Kier alpha value is -3.63. The van der Waals surface area contributed by atoms with Crippen molar-refractivity contribution in [2.75, 3.05) is 5.73 Å². The van der Waals surface area contributed by atoms with E-state index in [0.29, 0.717) is 17.5 Å². The number of nitrogens with zero attached hydrogens (tertiary/aromatic N) is 2. The number of nitrogens with two attached hydrogens (primary N) is 1. The van der Waals surface area contributed by atoms with E-state index in [1.54, 1.807) is 12.1 Å². The number of benzene rings is 3. The first-order chi connectivity index (χ1) is 12.7. The van der Waals surface area contributed by atoms with Crippen molar-refractivity contribution in [3.05, 3.63) is 76.6 Å². The summed E-state index contributed by atoms with van der Waals surface area (Å²) in [5, 5.41) is 19.4. The van der Waals surface area contributed by atoms with Crippen LogP contribution in [0.5, 0.6) is 0 Å². The van der Waals surface area contributed by atoms with Gasteiger partial charge in [0.25, 0.3) is 0 Å². The molecule has 0 spiro atoms. The minimum Gasteiger partial charge on any atom is -0.397 e. The summed E-state index contributed by atoms with van der Waals surface area (Å²) in [7, 11) is 0. The molecule has 3 aromatic rings. The highest BCUT2D eigenvalue weighted by atomic mass is 19.1. The van der Waals surface area contributed by atoms with E-state index in [2.05, 4.69) is 12.1 Å². The molecule has 0 bridgehead atoms. The van der Waals surface area contributed by atoms with Crippen molar-refractivity contribution in [2.45, 2.75) is 12.8 Å². The van der Waals surface area contributed by atoms with E-state index in [4.69, 9.17) is 5.73 Å². The smallest absolute Gasteiger partial charge is 0.123 e. The topological polar surface area (TPSA) is 73.6 Å². The van der Waals surface area contributed by atoms with Gasteiger partial charge in [0, 0.05) is 11.1 Å². The minimum absolute atomic E-state index is 0.185. The lowest BCUT2D eigenvalue weighted by Crippen LogP contribution is -2.11. The van der Waals surface area contributed by atoms with E-state index in [1.165, 1.54) is 12.1 Å². The number of hydrogen-bond donors (Lipinski definition) is 1. The van der Waals surface area contributed by atoms with Gasteiger partial charge >= 0.3 is 0 Å². The number of rotatable bonds is 1. The Kier molecular flexibility index (Phi) is 3.68. The third-order valence-corrected chi connectivity index (χ3v) is 4.93. The highest BCUT2D eigenvalue weighted by Crippen LogP contribution is 2.45. The minimum atomic E-state index is -0.340. The molecular weight excluding hydrogens is 325 g/mol. The average molecular weight is 339 g/mol. The second-order valence-electron chi connectivity index (χ2n) is 6.28. The Morgan fingerprint density at radius 2 is 1.50 bits per heavy atom. The maximum Gasteiger partial charge on any atom is 0.123 e. The quantitative estimate of drug-likeness (QED) is 0.659. The molecule has 2 N–H and O–H groups in total. The van der Waals surface area contributed by atoms with Crippen LogP contribution in [0.1, 0.15) is 22.3 Å². The van der Waals surface area contributed by atoms with Gasteiger partial charge in [-0.15, -0.1) is 0 Å². The van der Waals surface area contributed by atoms with Crippen LogP contribution >= 0.6 is 0 Å². The maximum absolute atomic E-state index is 13.4. The van der Waals surface area contributed by atoms with Crippen LogP contribution in [0.4, 0.5) is 10.1 Å². The van der Waals surface area contributed by atoms with Crippen molar-refractivity contribution in [1.29, 1.82) is 10.5 Å². The van der Waals surface area contributed by atoms with E-state index >= 15 is 0 Å². The summed E-state index contributed by atoms with van der Waals surface area (Å²) in [6.45, 7) is 0. The van der Waals surface area contributed by atoms with Crippen LogP contribution in [0.3, 0.4) is 0 Å². The molecule has 0 aromatic heterocycles. The van der Waals surface area contributed by atoms with Gasteiger partial charge in [0.05, 0.1) is 16.8 Å². The van der Waals surface area contributed by atoms with Crippen LogP contribution < -0.4 is 5.73 Å². The zero-order valence-corrected chi connectivity index (χ0v) is 13.9. The molecule has 0 heterocycles. The van der Waals surface area contributed by atoms with Gasteiger partial charge in [-0.1, -0.05) is 36.4 Å². The molecule has 0 fully saturated rings. The zero-order chi connectivity index (χ0) is 18.3. The monoisotopic (exact) mass is 339 g/mol. The van der Waals surface area contributed by atoms with Gasteiger partial charge in [-0.05, 0) is 47.2 Å². The molecule has 0 radical (unpaired) electrons. The van der Waals surface area contributed by atoms with Crippen LogP contribution in [0.2, 0.25) is 0 Å². The molecule has 3 nitrogen and oxygen atoms in total. The van der Waals surface area contributed by atoms with E-state index < -0.39 is 0 Å². The number of anilines is 1. The van der Waals surface area contributed by atoms with Gasteiger partial charge in [0.15, 0.2) is 0 Å². The molecular formula is C22H14FN3. The molecule has 0 unspecified atom stereocenters. The first-order valence-corrected chi connectivity index (χ1v) is 8.28. The Morgan fingerprint density at radius 1 is 0.846 bits per heavy atom. The molecule has 0 atom stereocenters. The molecule has 26 heavy (non-hydrogen) atoms. The van der Waals surface area contributed by atoms with Crippen molar-refractivity contribution >= 4 is 5.69 Å². The van der Waals surface area contributed by atoms with Gasteiger partial charge < -0.3 is 5.73 Å². The summed E-state index contributed by atoms with van der Waals surface area (Å²) < 4.78 is 13.4. The Labute approximate surface area is 150 Å². The molecule has 1 aliphatic rings. The van der Waals surface area contributed by atoms with Crippen molar-refractivity contribution in [1.82, 2.24) is 0 Å². The highest BCUT2D eigenvalue weighted by Gasteiger charge is 2.28. The van der Waals surface area contributed by atoms with Crippen molar-refractivity contribution in [3.63, 3.8) is 0 Å². The molecule has 0 aliphatic heterocycles. The summed E-state index contributed by atoms with van der Waals surface area (Å²) in [5.74, 6) is -0.340. The molecule has 0 saturated heterocycles. The third-order valence-electron chi connectivity index (χ3n) is 4.93. The predicted octanol–water partition coefficient (Wildman–Crippen LogP) is 4.58. The maximum atomic E-state index is 13.4. The fourth-order valence-corrected chi connectivity index (χ4v) is 3.78. The SMILES string of the molecule is N#Cc1c(N)c(C#N)c2c(c1-c1ccc(F)cc1)CCc1ccccc1-2. The highest BCUT2D eigenvalue weighted by molar-refractivity contribution is 5.94. The number of aryl methyl sites for hydroxylation is 1. The number of nitriles is 2. The molecule has 1 aliphatic carbocycles. The molecule has 0 amide bonds. The first kappa shape index (κ1) is 15.9. The molecule has 124 valence electrons. The summed E-state index contributed by atoms with van der Waals surface area (Å²) >= 11 is 0. The zero-order valence-electron chi connectivity index (χ0n) is 13.9. The third kappa shape index (κ3) is 2.24. The summed E-state index contributed by atoms with van der Waals surface area (Å²) in [5.41, 5.74) is 12.3. The molecule has 4 rings (SSSR count). The first-order valence-electron chi connectivity index (χ1n) is 8.28. The lowest BCUT2D eigenvalue weighted by molar-refractivity contribution is 0.628. The van der Waals surface area contributed by atoms with Crippen LogP contribution in [0.15, 0.2) is 48.5 Å². The number of hydrogen-bond acceptors (Lipinski definition) is 3. The number of halogens is 1. The van der Waals surface area contributed by atoms with Gasteiger partial charge in [-0.25, -0.2) is 4.39 Å². The standard InChI is InChI=1S/C22H14FN3/c23-15-8-5-14(6-9-15)20-17-10-7-13-3-1-2-4-16(13)21(17)19(12-25)22(26)18(20)11-24/h1-6,8-9H,7,10,26H2. The van der Waals surface area contributed by atoms with Gasteiger partial charge in [-0.2, -0.15) is 10.5 Å². The Balaban J connectivity index is 2.15. The fraction of sp³-hybridized carbons (Fsp3) is 0.0909. The lowest BCUT2D eigenvalue weighted by atomic mass is 9.77. The molecule has 3 aromatic carbocycles. The van der Waals surface area contributed by atoms with Crippen LogP contribution in [-0.4, -0.2) is 0 Å². The van der Waals surface area contributed by atoms with Gasteiger partial charge in [0.2, 0.25) is 0 Å². The van der Waals surface area contributed by atoms with Gasteiger partial charge in [0.1, 0.15) is 18.0 Å². The summed E-state index contributed by atoms with van der Waals surface area (Å²) in [6.07, 6.45) is 1.51. The number of nitrogen functional groups attached to an aromatic ring is 1. The molecule has 0 saturated carbocycles. The van der Waals surface area contributed by atoms with Crippen LogP contribution in [0.25, 0.3) is 22.3 Å². The number of fused-ring (bicyclic) bond motifs is 3. The lowest BCUT2D eigenvalue weighted by Gasteiger charge is -2.26. The van der Waals surface area contributed by atoms with Crippen molar-refractivity contribution < 1.29 is 4.39 Å². The van der Waals surface area contributed by atoms with Crippen molar-refractivity contribution in [3.8, 4) is 34.4 Å². The van der Waals surface area contributed by atoms with E-state index in [1.807, 2.05) is 24.3 Å². The van der Waals surface area contributed by atoms with E-state index in [-0.39, 0.29) is 17.1 Å². The summed E-state index contributed by atoms with van der Waals surface area (Å²) in [4.78, 5) is 0. The second-order valence-corrected chi connectivity index (χ2v) is 6.28. The second kappa shape index (κ2) is 6.02. The average Bonchev–Trinajstić information content (AvgIpc) is 2.67. The van der Waals surface area contributed by atoms with E-state index in [9.17, 15) is 14.9 Å². The predicted molar refractivity (Wildman–Crippen MR) is 98.5 cm³/mol. The largest absolute Gasteiger partial charge is 0.397 e. The fourth-order valence-electron chi connectivity index (χ4n) is 3.78.